The SMILES string of the molecule is CC(=NO)C(C)(C)NCC(C)CNC(C)(C)C(Cn1ccnc1[N+](=O)[O-])=NO. The van der Waals surface area contributed by atoms with Gasteiger partial charge in [0.15, 0.2) is 0 Å². The molecule has 1 atom stereocenters. The molecule has 0 bridgehead atoms. The van der Waals surface area contributed by atoms with Gasteiger partial charge in [-0.3, -0.25) is 0 Å². The van der Waals surface area contributed by atoms with E-state index in [-0.39, 0.29) is 18.4 Å². The fourth-order valence-electron chi connectivity index (χ4n) is 2.40. The summed E-state index contributed by atoms with van der Waals surface area (Å²) in [7, 11) is 0. The fourth-order valence-corrected chi connectivity index (χ4v) is 2.40. The van der Waals surface area contributed by atoms with E-state index in [4.69, 9.17) is 5.21 Å². The van der Waals surface area contributed by atoms with Crippen molar-refractivity contribution in [3.8, 4) is 0 Å². The lowest BCUT2D eigenvalue weighted by atomic mass is 9.96. The molecule has 0 spiro atoms. The van der Waals surface area contributed by atoms with Crippen molar-refractivity contribution in [1.29, 1.82) is 0 Å². The van der Waals surface area contributed by atoms with Crippen LogP contribution in [0.4, 0.5) is 5.95 Å². The van der Waals surface area contributed by atoms with Gasteiger partial charge in [0, 0.05) is 0 Å². The lowest BCUT2D eigenvalue weighted by Gasteiger charge is -2.30. The molecule has 11 nitrogen and oxygen atoms in total. The second kappa shape index (κ2) is 9.60. The van der Waals surface area contributed by atoms with Crippen molar-refractivity contribution in [3.63, 3.8) is 0 Å². The maximum Gasteiger partial charge on any atom is 0.434 e. The third-order valence-electron chi connectivity index (χ3n) is 4.86. The average Bonchev–Trinajstić information content (AvgIpc) is 3.10. The van der Waals surface area contributed by atoms with Crippen molar-refractivity contribution in [1.82, 2.24) is 20.2 Å². The van der Waals surface area contributed by atoms with E-state index in [1.54, 1.807) is 6.92 Å². The summed E-state index contributed by atoms with van der Waals surface area (Å²) in [6, 6.07) is 0. The maximum atomic E-state index is 11.0. The predicted molar refractivity (Wildman–Crippen MR) is 106 cm³/mol. The van der Waals surface area contributed by atoms with Gasteiger partial charge < -0.3 is 31.2 Å². The molecule has 0 aromatic carbocycles. The lowest BCUT2D eigenvalue weighted by Crippen LogP contribution is -2.52. The van der Waals surface area contributed by atoms with E-state index < -0.39 is 16.0 Å². The Morgan fingerprint density at radius 1 is 1.25 bits per heavy atom. The molecule has 4 N–H and O–H groups in total. The van der Waals surface area contributed by atoms with Crippen LogP contribution in [0.3, 0.4) is 0 Å². The van der Waals surface area contributed by atoms with Crippen molar-refractivity contribution in [3.05, 3.63) is 22.5 Å². The van der Waals surface area contributed by atoms with Crippen molar-refractivity contribution >= 4 is 17.4 Å². The second-order valence-electron chi connectivity index (χ2n) is 7.96. The number of hydrogen-bond acceptors (Lipinski definition) is 9. The zero-order chi connectivity index (χ0) is 21.5. The van der Waals surface area contributed by atoms with Crippen LogP contribution in [0.5, 0.6) is 0 Å². The molecule has 11 heteroatoms. The van der Waals surface area contributed by atoms with Gasteiger partial charge in [0.25, 0.3) is 0 Å². The molecule has 0 saturated heterocycles. The van der Waals surface area contributed by atoms with E-state index in [1.165, 1.54) is 17.0 Å². The molecule has 0 aliphatic rings. The summed E-state index contributed by atoms with van der Waals surface area (Å²) < 4.78 is 1.32. The molecule has 1 aromatic heterocycles. The van der Waals surface area contributed by atoms with Crippen LogP contribution in [0.25, 0.3) is 0 Å². The van der Waals surface area contributed by atoms with Gasteiger partial charge >= 0.3 is 5.95 Å². The first-order valence-electron chi connectivity index (χ1n) is 9.00. The Bertz CT molecular complexity index is 725. The summed E-state index contributed by atoms with van der Waals surface area (Å²) in [5.74, 6) is -0.0924. The molecule has 1 heterocycles. The van der Waals surface area contributed by atoms with Gasteiger partial charge in [-0.15, -0.1) is 0 Å². The number of rotatable bonds is 11. The first kappa shape index (κ1) is 23.5. The number of imidazole rings is 1. The third-order valence-corrected chi connectivity index (χ3v) is 4.86. The Balaban J connectivity index is 2.68. The number of oxime groups is 2. The van der Waals surface area contributed by atoms with E-state index in [0.29, 0.717) is 24.5 Å². The molecule has 1 unspecified atom stereocenters. The van der Waals surface area contributed by atoms with Gasteiger partial charge in [-0.05, 0) is 58.5 Å². The van der Waals surface area contributed by atoms with Crippen LogP contribution in [0.1, 0.15) is 41.5 Å². The maximum absolute atomic E-state index is 11.0. The Labute approximate surface area is 164 Å². The summed E-state index contributed by atoms with van der Waals surface area (Å²) in [5.41, 5.74) is -0.197. The first-order valence-corrected chi connectivity index (χ1v) is 9.00. The van der Waals surface area contributed by atoms with Gasteiger partial charge in [-0.2, -0.15) is 0 Å². The Hall–Kier alpha value is -2.53. The molecule has 0 fully saturated rings. The van der Waals surface area contributed by atoms with Crippen molar-refractivity contribution < 1.29 is 15.3 Å². The van der Waals surface area contributed by atoms with E-state index in [1.807, 2.05) is 34.6 Å². The van der Waals surface area contributed by atoms with Crippen molar-refractivity contribution in [2.45, 2.75) is 59.2 Å². The monoisotopic (exact) mass is 397 g/mol. The quantitative estimate of drug-likeness (QED) is 0.192. The summed E-state index contributed by atoms with van der Waals surface area (Å²) in [5, 5.41) is 42.7. The van der Waals surface area contributed by atoms with E-state index in [2.05, 4.69) is 25.9 Å². The van der Waals surface area contributed by atoms with Crippen LogP contribution in [0, 0.1) is 16.0 Å². The Morgan fingerprint density at radius 3 is 2.32 bits per heavy atom. The van der Waals surface area contributed by atoms with Gasteiger partial charge in [0.05, 0.1) is 16.8 Å². The Morgan fingerprint density at radius 2 is 1.82 bits per heavy atom. The standard InChI is InChI=1S/C17H31N7O4/c1-12(9-19-16(3,4)13(2)21-25)10-20-17(5,6)14(22-26)11-23-8-7-18-15(23)24(27)28/h7-8,12,19-20,25-26H,9-11H2,1-6H3. The topological polar surface area (TPSA) is 150 Å². The minimum Gasteiger partial charge on any atom is -0.411 e. The van der Waals surface area contributed by atoms with Gasteiger partial charge in [-0.1, -0.05) is 22.2 Å². The second-order valence-corrected chi connectivity index (χ2v) is 7.96. The van der Waals surface area contributed by atoms with Crippen LogP contribution in [0.2, 0.25) is 0 Å². The van der Waals surface area contributed by atoms with Crippen LogP contribution >= 0.6 is 0 Å². The number of nitro groups is 1. The highest BCUT2D eigenvalue weighted by atomic mass is 16.6. The van der Waals surface area contributed by atoms with Gasteiger partial charge in [0.1, 0.15) is 24.7 Å². The molecular formula is C17H31N7O4. The summed E-state index contributed by atoms with van der Waals surface area (Å²) in [6.07, 6.45) is 2.81. The number of aromatic nitrogens is 2. The highest BCUT2D eigenvalue weighted by Crippen LogP contribution is 2.14. The van der Waals surface area contributed by atoms with E-state index in [9.17, 15) is 15.3 Å². The predicted octanol–water partition coefficient (Wildman–Crippen LogP) is 1.84. The molecule has 1 rings (SSSR count). The van der Waals surface area contributed by atoms with Crippen LogP contribution in [-0.4, -0.2) is 60.5 Å². The highest BCUT2D eigenvalue weighted by molar-refractivity contribution is 5.92. The molecule has 0 radical (unpaired) electrons. The fraction of sp³-hybridized carbons (Fsp3) is 0.706. The van der Waals surface area contributed by atoms with Gasteiger partial charge in [-0.25, -0.2) is 4.57 Å². The third kappa shape index (κ3) is 6.27. The first-order chi connectivity index (χ1) is 12.9. The largest absolute Gasteiger partial charge is 0.434 e. The molecule has 158 valence electrons. The van der Waals surface area contributed by atoms with Crippen LogP contribution in [-0.2, 0) is 6.54 Å². The number of nitrogens with zero attached hydrogens (tertiary/aromatic N) is 5. The van der Waals surface area contributed by atoms with Crippen molar-refractivity contribution in [2.24, 2.45) is 16.2 Å². The van der Waals surface area contributed by atoms with E-state index in [0.717, 1.165) is 0 Å². The number of nitrogens with one attached hydrogen (secondary N) is 2. The normalized spacial score (nSPS) is 14.9. The zero-order valence-corrected chi connectivity index (χ0v) is 17.3. The summed E-state index contributed by atoms with van der Waals surface area (Å²) >= 11 is 0. The van der Waals surface area contributed by atoms with E-state index >= 15 is 0 Å². The van der Waals surface area contributed by atoms with Gasteiger partial charge in [0.2, 0.25) is 0 Å². The zero-order valence-electron chi connectivity index (χ0n) is 17.3. The van der Waals surface area contributed by atoms with Crippen LogP contribution < -0.4 is 10.6 Å². The average molecular weight is 397 g/mol. The molecule has 0 aliphatic carbocycles. The lowest BCUT2D eigenvalue weighted by molar-refractivity contribution is -0.396. The highest BCUT2D eigenvalue weighted by Gasteiger charge is 2.29. The molecule has 1 aromatic rings. The van der Waals surface area contributed by atoms with Crippen molar-refractivity contribution in [2.75, 3.05) is 13.1 Å². The molecule has 0 aliphatic heterocycles. The minimum atomic E-state index is -0.695. The number of hydrogen-bond donors (Lipinski definition) is 4. The molecule has 0 saturated carbocycles. The molecule has 28 heavy (non-hydrogen) atoms. The summed E-state index contributed by atoms with van der Waals surface area (Å²) in [4.78, 5) is 14.1. The summed E-state index contributed by atoms with van der Waals surface area (Å²) in [6.45, 7) is 12.7. The smallest absolute Gasteiger partial charge is 0.411 e. The molecule has 0 amide bonds. The minimum absolute atomic E-state index is 0.0403. The van der Waals surface area contributed by atoms with Crippen LogP contribution in [0.15, 0.2) is 22.7 Å². The molecular weight excluding hydrogens is 366 g/mol. The Kier molecular flexibility index (Phi) is 8.06.